The summed E-state index contributed by atoms with van der Waals surface area (Å²) in [4.78, 5) is 29.9. The summed E-state index contributed by atoms with van der Waals surface area (Å²) in [5.74, 6) is -0.492. The number of Topliss-reactive ketones (excluding diaryl/α,β-unsaturated/α-hetero) is 1. The molecule has 0 saturated heterocycles. The van der Waals surface area contributed by atoms with Gasteiger partial charge in [-0.05, 0) is 51.1 Å². The molecule has 3 aromatic heterocycles. The van der Waals surface area contributed by atoms with E-state index in [2.05, 4.69) is 10.1 Å². The van der Waals surface area contributed by atoms with E-state index in [1.807, 2.05) is 0 Å². The van der Waals surface area contributed by atoms with E-state index in [4.69, 9.17) is 18.4 Å². The van der Waals surface area contributed by atoms with E-state index < -0.39 is 24.2 Å². The number of methoxy groups -OCH3 is 1. The molecular weight excluding hydrogens is 419 g/mol. The maximum atomic E-state index is 13.6. The summed E-state index contributed by atoms with van der Waals surface area (Å²) in [6.07, 6.45) is 0. The molecule has 3 heterocycles. The van der Waals surface area contributed by atoms with Gasteiger partial charge >= 0.3 is 5.97 Å². The molecule has 0 radical (unpaired) electrons. The van der Waals surface area contributed by atoms with Gasteiger partial charge in [-0.25, -0.2) is 14.2 Å². The summed E-state index contributed by atoms with van der Waals surface area (Å²) in [5, 5.41) is 4.26. The minimum atomic E-state index is -0.772. The highest BCUT2D eigenvalue weighted by molar-refractivity contribution is 6.06. The van der Waals surface area contributed by atoms with Gasteiger partial charge in [-0.1, -0.05) is 5.16 Å². The molecule has 4 aromatic rings. The number of nitrogens with zero attached hydrogens (tertiary/aromatic N) is 2. The normalized spacial score (nSPS) is 11.0. The molecule has 1 aromatic carbocycles. The zero-order chi connectivity index (χ0) is 23.0. The van der Waals surface area contributed by atoms with Crippen LogP contribution in [0.4, 0.5) is 4.39 Å². The molecule has 0 bridgehead atoms. The molecular formula is C23H19FN2O6. The molecule has 9 heteroatoms. The van der Waals surface area contributed by atoms with E-state index in [0.29, 0.717) is 33.9 Å². The topological polar surface area (TPSA) is 105 Å². The van der Waals surface area contributed by atoms with Crippen LogP contribution in [-0.4, -0.2) is 35.6 Å². The van der Waals surface area contributed by atoms with Crippen molar-refractivity contribution in [1.82, 2.24) is 10.1 Å². The van der Waals surface area contributed by atoms with Gasteiger partial charge < -0.3 is 18.4 Å². The minimum absolute atomic E-state index is 0.0217. The Morgan fingerprint density at radius 1 is 1.09 bits per heavy atom. The summed E-state index contributed by atoms with van der Waals surface area (Å²) in [7, 11) is 1.36. The number of benzene rings is 1. The first-order chi connectivity index (χ1) is 15.3. The van der Waals surface area contributed by atoms with Crippen LogP contribution in [-0.2, 0) is 4.74 Å². The third-order valence-electron chi connectivity index (χ3n) is 4.95. The summed E-state index contributed by atoms with van der Waals surface area (Å²) >= 11 is 0. The molecule has 0 unspecified atom stereocenters. The van der Waals surface area contributed by atoms with E-state index in [1.54, 1.807) is 32.9 Å². The Labute approximate surface area is 181 Å². The number of esters is 1. The lowest BCUT2D eigenvalue weighted by Gasteiger charge is -2.09. The largest absolute Gasteiger partial charge is 0.496 e. The quantitative estimate of drug-likeness (QED) is 0.318. The number of halogens is 1. The van der Waals surface area contributed by atoms with Gasteiger partial charge in [-0.3, -0.25) is 4.79 Å². The van der Waals surface area contributed by atoms with Crippen LogP contribution in [0.1, 0.15) is 37.9 Å². The third-order valence-corrected chi connectivity index (χ3v) is 4.95. The van der Waals surface area contributed by atoms with E-state index in [-0.39, 0.29) is 22.6 Å². The van der Waals surface area contributed by atoms with Gasteiger partial charge in [0.25, 0.3) is 5.71 Å². The van der Waals surface area contributed by atoms with Crippen molar-refractivity contribution < 1.29 is 32.4 Å². The summed E-state index contributed by atoms with van der Waals surface area (Å²) in [6, 6.07) is 6.87. The monoisotopic (exact) mass is 438 g/mol. The van der Waals surface area contributed by atoms with Crippen molar-refractivity contribution in [1.29, 1.82) is 0 Å². The van der Waals surface area contributed by atoms with Gasteiger partial charge in [0.1, 0.15) is 23.1 Å². The first-order valence-electron chi connectivity index (χ1n) is 9.66. The second kappa shape index (κ2) is 8.26. The highest BCUT2D eigenvalue weighted by Crippen LogP contribution is 2.31. The molecule has 0 saturated carbocycles. The Hall–Kier alpha value is -4.01. The number of aryl methyl sites for hydroxylation is 3. The lowest BCUT2D eigenvalue weighted by Crippen LogP contribution is -2.16. The summed E-state index contributed by atoms with van der Waals surface area (Å²) in [6.45, 7) is 4.64. The predicted molar refractivity (Wildman–Crippen MR) is 111 cm³/mol. The lowest BCUT2D eigenvalue weighted by atomic mass is 10.1. The maximum absolute atomic E-state index is 13.6. The fourth-order valence-corrected chi connectivity index (χ4v) is 3.46. The fourth-order valence-electron chi connectivity index (χ4n) is 3.46. The van der Waals surface area contributed by atoms with E-state index in [9.17, 15) is 14.0 Å². The highest BCUT2D eigenvalue weighted by atomic mass is 19.1. The second-order valence-electron chi connectivity index (χ2n) is 7.17. The molecule has 0 N–H and O–H groups in total. The predicted octanol–water partition coefficient (Wildman–Crippen LogP) is 4.60. The molecule has 0 aliphatic rings. The number of aromatic nitrogens is 2. The van der Waals surface area contributed by atoms with Crippen LogP contribution in [0.5, 0.6) is 5.75 Å². The molecule has 8 nitrogen and oxygen atoms in total. The Morgan fingerprint density at radius 3 is 2.56 bits per heavy atom. The molecule has 0 aliphatic heterocycles. The molecule has 4 rings (SSSR count). The van der Waals surface area contributed by atoms with Gasteiger partial charge in [0, 0.05) is 5.56 Å². The van der Waals surface area contributed by atoms with Crippen LogP contribution >= 0.6 is 0 Å². The fraction of sp³-hybridized carbons (Fsp3) is 0.217. The molecule has 0 aliphatic carbocycles. The van der Waals surface area contributed by atoms with Crippen molar-refractivity contribution in [2.24, 2.45) is 0 Å². The number of carbonyl (C=O) groups excluding carboxylic acids is 2. The minimum Gasteiger partial charge on any atom is -0.496 e. The van der Waals surface area contributed by atoms with Crippen molar-refractivity contribution in [3.05, 3.63) is 64.5 Å². The van der Waals surface area contributed by atoms with E-state index in [0.717, 1.165) is 6.07 Å². The number of pyridine rings is 1. The van der Waals surface area contributed by atoms with Crippen LogP contribution in [0.25, 0.3) is 22.4 Å². The Balaban J connectivity index is 1.66. The maximum Gasteiger partial charge on any atom is 0.339 e. The number of hydrogen-bond donors (Lipinski definition) is 0. The van der Waals surface area contributed by atoms with Crippen LogP contribution in [0.3, 0.4) is 0 Å². The zero-order valence-electron chi connectivity index (χ0n) is 17.8. The smallest absolute Gasteiger partial charge is 0.339 e. The molecule has 32 heavy (non-hydrogen) atoms. The number of ketones is 1. The summed E-state index contributed by atoms with van der Waals surface area (Å²) < 4.78 is 34.7. The van der Waals surface area contributed by atoms with Crippen LogP contribution in [0.15, 0.2) is 39.3 Å². The van der Waals surface area contributed by atoms with Crippen molar-refractivity contribution >= 4 is 22.9 Å². The van der Waals surface area contributed by atoms with Crippen molar-refractivity contribution in [3.8, 4) is 17.0 Å². The number of carbonyl (C=O) groups is 2. The standard InChI is InChI=1S/C23H19FN2O6/c1-11-7-15(13(3)31-11)18-9-17(21-12(2)26-32-22(21)25-18)23(28)30-10-19(27)16-8-14(24)5-6-20(16)29-4/h5-9H,10H2,1-4H3. The van der Waals surface area contributed by atoms with Crippen LogP contribution < -0.4 is 4.74 Å². The Bertz CT molecular complexity index is 1350. The number of hydrogen-bond acceptors (Lipinski definition) is 8. The number of fused-ring (bicyclic) bond motifs is 1. The van der Waals surface area contributed by atoms with Crippen molar-refractivity contribution in [2.45, 2.75) is 20.8 Å². The SMILES string of the molecule is COc1ccc(F)cc1C(=O)COC(=O)c1cc(-c2cc(C)oc2C)nc2onc(C)c12. The second-order valence-corrected chi connectivity index (χ2v) is 7.17. The Kier molecular flexibility index (Phi) is 5.48. The van der Waals surface area contributed by atoms with Crippen molar-refractivity contribution in [3.63, 3.8) is 0 Å². The zero-order valence-corrected chi connectivity index (χ0v) is 17.8. The first-order valence-corrected chi connectivity index (χ1v) is 9.66. The van der Waals surface area contributed by atoms with Crippen molar-refractivity contribution in [2.75, 3.05) is 13.7 Å². The number of ether oxygens (including phenoxy) is 2. The van der Waals surface area contributed by atoms with Crippen LogP contribution in [0.2, 0.25) is 0 Å². The highest BCUT2D eigenvalue weighted by Gasteiger charge is 2.23. The Morgan fingerprint density at radius 2 is 1.88 bits per heavy atom. The number of furan rings is 1. The average Bonchev–Trinajstić information content (AvgIpc) is 3.32. The number of rotatable bonds is 6. The van der Waals surface area contributed by atoms with Gasteiger partial charge in [0.15, 0.2) is 6.61 Å². The molecule has 0 amide bonds. The third kappa shape index (κ3) is 3.84. The van der Waals surface area contributed by atoms with Gasteiger partial charge in [-0.15, -0.1) is 0 Å². The molecule has 0 atom stereocenters. The summed E-state index contributed by atoms with van der Waals surface area (Å²) in [5.41, 5.74) is 1.85. The average molecular weight is 438 g/mol. The molecule has 0 spiro atoms. The van der Waals surface area contributed by atoms with E-state index in [1.165, 1.54) is 19.2 Å². The molecule has 0 fully saturated rings. The lowest BCUT2D eigenvalue weighted by molar-refractivity contribution is 0.0475. The molecule has 164 valence electrons. The van der Waals surface area contributed by atoms with Gasteiger partial charge in [-0.2, -0.15) is 0 Å². The van der Waals surface area contributed by atoms with E-state index >= 15 is 0 Å². The van der Waals surface area contributed by atoms with Crippen LogP contribution in [0, 0.1) is 26.6 Å². The van der Waals surface area contributed by atoms with Gasteiger partial charge in [0.2, 0.25) is 5.78 Å². The van der Waals surface area contributed by atoms with Gasteiger partial charge in [0.05, 0.1) is 35.0 Å². The first kappa shape index (κ1) is 21.2.